The van der Waals surface area contributed by atoms with E-state index in [1.54, 1.807) is 46.5 Å². The van der Waals surface area contributed by atoms with Crippen LogP contribution in [0.5, 0.6) is 0 Å². The predicted octanol–water partition coefficient (Wildman–Crippen LogP) is 2.55. The summed E-state index contributed by atoms with van der Waals surface area (Å²) in [5, 5.41) is 63.8. The number of ketones is 3. The number of piperidine rings is 1. The highest BCUT2D eigenvalue weighted by atomic mass is 32.2. The lowest BCUT2D eigenvalue weighted by molar-refractivity contribution is -0.265. The van der Waals surface area contributed by atoms with E-state index >= 15 is 0 Å². The van der Waals surface area contributed by atoms with E-state index in [0.29, 0.717) is 50.5 Å². The quantitative estimate of drug-likeness (QED) is 0.0837. The van der Waals surface area contributed by atoms with Crippen LogP contribution in [0.2, 0.25) is 0 Å². The third-order valence-corrected chi connectivity index (χ3v) is 18.1. The van der Waals surface area contributed by atoms with Crippen molar-refractivity contribution in [3.05, 3.63) is 47.6 Å². The molecule has 25 heteroatoms. The van der Waals surface area contributed by atoms with Crippen LogP contribution in [0.1, 0.15) is 126 Å². The van der Waals surface area contributed by atoms with Gasteiger partial charge in [-0.3, -0.25) is 19.2 Å². The fourth-order valence-electron chi connectivity index (χ4n) is 11.9. The molecule has 8 N–H and O–H groups in total. The van der Waals surface area contributed by atoms with Gasteiger partial charge in [-0.05, 0) is 107 Å². The molecular weight excluding hydrogens is 1110 g/mol. The molecule has 5 rings (SSSR count). The van der Waals surface area contributed by atoms with Crippen LogP contribution in [0, 0.1) is 35.5 Å². The SMILES string of the molecule is CO[C@H]1C[C@@H]2CC[C@@H](C)[C@@](O)(O2)C(=O)C(=O)N2CCCC[C@H]2C(=O)O[C@H]([C@H](C)C[C@@H]2CC[C@@H](OC(=O)NS(=O)(=O)N[C@H]3C(O)OC(CO)[C@H](O)[C@@H]3O)[C@H](OC)C2)CC(=O)[C@H](C)/C=C(\C)[C@@H](O)[C@@H](OC)C(=O)[C@H](C)C[C@H](C)/C=C/C=C/C=C/1C. The number of esters is 1. The number of aliphatic hydroxyl groups excluding tert-OH is 5. The number of hydrogen-bond donors (Lipinski definition) is 8. The van der Waals surface area contributed by atoms with E-state index < -0.39 is 155 Å². The number of aliphatic hydroxyl groups is 6. The molecule has 1 aliphatic carbocycles. The van der Waals surface area contributed by atoms with Gasteiger partial charge in [0.2, 0.25) is 5.79 Å². The summed E-state index contributed by atoms with van der Waals surface area (Å²) in [5.41, 5.74) is 1.13. The Labute approximate surface area is 487 Å². The smallest absolute Gasteiger partial charge is 0.422 e. The minimum absolute atomic E-state index is 0.0101. The largest absolute Gasteiger partial charge is 0.460 e. The first-order chi connectivity index (χ1) is 39.1. The topological polar surface area (TPSA) is 350 Å². The third-order valence-electron chi connectivity index (χ3n) is 17.1. The zero-order valence-corrected chi connectivity index (χ0v) is 50.3. The van der Waals surface area contributed by atoms with Crippen LogP contribution in [-0.2, 0) is 67.3 Å². The maximum absolute atomic E-state index is 14.6. The molecular formula is C58H91N3O21S. The first-order valence-corrected chi connectivity index (χ1v) is 30.4. The number of carbonyl (C=O) groups is 6. The number of rotatable bonds is 11. The number of ether oxygens (including phenoxy) is 7. The number of allylic oxidation sites excluding steroid dienone is 6. The van der Waals surface area contributed by atoms with Crippen molar-refractivity contribution in [2.75, 3.05) is 34.5 Å². The predicted molar refractivity (Wildman–Crippen MR) is 298 cm³/mol. The molecule has 0 spiro atoms. The van der Waals surface area contributed by atoms with Gasteiger partial charge in [0.05, 0.1) is 24.9 Å². The first-order valence-electron chi connectivity index (χ1n) is 28.9. The Morgan fingerprint density at radius 3 is 2.23 bits per heavy atom. The first kappa shape index (κ1) is 69.4. The zero-order chi connectivity index (χ0) is 61.7. The summed E-state index contributed by atoms with van der Waals surface area (Å²) in [5.74, 6) is -9.45. The minimum Gasteiger partial charge on any atom is -0.460 e. The molecule has 470 valence electrons. The lowest BCUT2D eigenvalue weighted by atomic mass is 9.78. The number of fused-ring (bicyclic) bond motifs is 3. The van der Waals surface area contributed by atoms with Gasteiger partial charge in [-0.2, -0.15) is 13.1 Å². The van der Waals surface area contributed by atoms with Gasteiger partial charge < -0.3 is 68.7 Å². The monoisotopic (exact) mass is 1200 g/mol. The van der Waals surface area contributed by atoms with E-state index in [-0.39, 0.29) is 56.3 Å². The fourth-order valence-corrected chi connectivity index (χ4v) is 12.9. The van der Waals surface area contributed by atoms with Gasteiger partial charge in [-0.25, -0.2) is 14.3 Å². The average molecular weight is 1200 g/mol. The highest BCUT2D eigenvalue weighted by molar-refractivity contribution is 7.88. The maximum atomic E-state index is 14.6. The van der Waals surface area contributed by atoms with Crippen molar-refractivity contribution in [1.29, 1.82) is 0 Å². The van der Waals surface area contributed by atoms with E-state index in [9.17, 15) is 67.8 Å². The van der Waals surface area contributed by atoms with Gasteiger partial charge in [-0.15, -0.1) is 0 Å². The molecule has 0 radical (unpaired) electrons. The lowest BCUT2D eigenvalue weighted by Gasteiger charge is -2.42. The van der Waals surface area contributed by atoms with Crippen LogP contribution in [0.15, 0.2) is 47.6 Å². The number of Topliss-reactive ketones (excluding diaryl/α,β-unsaturated/α-hetero) is 3. The Morgan fingerprint density at radius 1 is 0.855 bits per heavy atom. The van der Waals surface area contributed by atoms with Gasteiger partial charge in [0.1, 0.15) is 60.6 Å². The molecule has 1 saturated carbocycles. The Hall–Kier alpha value is -4.35. The van der Waals surface area contributed by atoms with E-state index in [0.717, 1.165) is 10.5 Å². The third kappa shape index (κ3) is 18.3. The molecule has 2 unspecified atom stereocenters. The van der Waals surface area contributed by atoms with Crippen molar-refractivity contribution in [3.8, 4) is 0 Å². The van der Waals surface area contributed by atoms with Crippen LogP contribution in [0.25, 0.3) is 0 Å². The second-order valence-electron chi connectivity index (χ2n) is 23.4. The van der Waals surface area contributed by atoms with E-state index in [1.165, 1.54) is 20.3 Å². The highest BCUT2D eigenvalue weighted by Crippen LogP contribution is 2.38. The number of hydrogen-bond acceptors (Lipinski definition) is 21. The number of methoxy groups -OCH3 is 3. The van der Waals surface area contributed by atoms with E-state index in [1.807, 2.05) is 48.9 Å². The number of amides is 2. The molecule has 3 saturated heterocycles. The average Bonchev–Trinajstić information content (AvgIpc) is 3.55. The van der Waals surface area contributed by atoms with Gasteiger partial charge in [0, 0.05) is 58.5 Å². The van der Waals surface area contributed by atoms with E-state index in [4.69, 9.17) is 33.2 Å². The number of nitrogens with one attached hydrogen (secondary N) is 2. The molecule has 4 heterocycles. The molecule has 24 nitrogen and oxygen atoms in total. The highest BCUT2D eigenvalue weighted by Gasteiger charge is 2.53. The Morgan fingerprint density at radius 2 is 1.57 bits per heavy atom. The van der Waals surface area contributed by atoms with Gasteiger partial charge in [-0.1, -0.05) is 71.1 Å². The molecule has 83 heavy (non-hydrogen) atoms. The molecule has 0 aromatic carbocycles. The van der Waals surface area contributed by atoms with E-state index in [2.05, 4.69) is 0 Å². The van der Waals surface area contributed by atoms with Crippen LogP contribution in [-0.4, -0.2) is 199 Å². The van der Waals surface area contributed by atoms with Crippen molar-refractivity contribution in [1.82, 2.24) is 14.3 Å². The number of cyclic esters (lactones) is 1. The normalized spacial score (nSPS) is 39.9. The minimum atomic E-state index is -4.86. The van der Waals surface area contributed by atoms with Crippen LogP contribution in [0.3, 0.4) is 0 Å². The maximum Gasteiger partial charge on any atom is 0.422 e. The molecule has 20 atom stereocenters. The standard InChI is InChI=1S/C58H91N3O21S/c1-31-16-12-11-13-17-32(2)43(76-8)28-39-21-19-37(7)58(73,82-39)53(68)54(69)61-23-15-14-18-40(61)55(70)79-44(29-41(63)33(3)25-36(6)49(65)52(78-10)48(64)35(5)24-31)34(4)26-38-20-22-42(45(27-38)77-9)81-57(72)60-83(74,75)59-47-51(67)50(66)46(30-62)80-56(47)71/h11-13,16-17,25,31,33-35,37-40,42-47,49-52,56,59,62,65-67,71,73H,14-15,18-24,26-30H2,1-10H3,(H,60,72)/b13-11+,16-12+,32-17+,36-25+/t31-,33-,34-,35-,37-,38+,39+,40+,42-,43+,44+,45-,46?,47-,49-,50+,51-,52+,56?,58-/m1/s1. The summed E-state index contributed by atoms with van der Waals surface area (Å²) in [6.07, 6.45) is -1.01. The summed E-state index contributed by atoms with van der Waals surface area (Å²) < 4.78 is 69.4. The summed E-state index contributed by atoms with van der Waals surface area (Å²) in [7, 11) is -0.614. The molecule has 5 aliphatic rings. The van der Waals surface area contributed by atoms with Crippen molar-refractivity contribution >= 4 is 45.5 Å². The second-order valence-corrected chi connectivity index (χ2v) is 24.9. The number of carbonyl (C=O) groups excluding carboxylic acids is 6. The lowest BCUT2D eigenvalue weighted by Crippen LogP contribution is -2.65. The van der Waals surface area contributed by atoms with Gasteiger partial charge in [0.25, 0.3) is 11.7 Å². The molecule has 2 bridgehead atoms. The molecule has 2 amide bonds. The zero-order valence-electron chi connectivity index (χ0n) is 49.5. The van der Waals surface area contributed by atoms with Crippen LogP contribution < -0.4 is 9.44 Å². The fraction of sp³-hybridized carbons (Fsp3) is 0.759. The summed E-state index contributed by atoms with van der Waals surface area (Å²) in [6, 6.07) is -3.11. The molecule has 4 aliphatic heterocycles. The summed E-state index contributed by atoms with van der Waals surface area (Å²) >= 11 is 0. The van der Waals surface area contributed by atoms with Crippen molar-refractivity contribution in [3.63, 3.8) is 0 Å². The Balaban J connectivity index is 1.39. The molecule has 0 aromatic heterocycles. The van der Waals surface area contributed by atoms with Crippen molar-refractivity contribution in [2.45, 2.75) is 211 Å². The summed E-state index contributed by atoms with van der Waals surface area (Å²) in [4.78, 5) is 85.7. The Kier molecular flexibility index (Phi) is 26.2. The van der Waals surface area contributed by atoms with Gasteiger partial charge >= 0.3 is 22.3 Å². The van der Waals surface area contributed by atoms with Crippen molar-refractivity contribution in [2.24, 2.45) is 35.5 Å². The number of nitrogens with zero attached hydrogens (tertiary/aromatic N) is 1. The molecule has 0 aromatic rings. The second kappa shape index (κ2) is 31.3. The Bertz CT molecular complexity index is 2470. The molecule has 4 fully saturated rings. The summed E-state index contributed by atoms with van der Waals surface area (Å²) in [6.45, 7) is 11.4. The van der Waals surface area contributed by atoms with Crippen LogP contribution in [0.4, 0.5) is 4.79 Å². The van der Waals surface area contributed by atoms with Gasteiger partial charge in [0.15, 0.2) is 12.1 Å². The van der Waals surface area contributed by atoms with Crippen LogP contribution >= 0.6 is 0 Å². The van der Waals surface area contributed by atoms with Crippen molar-refractivity contribution < 1.29 is 101 Å².